The standard InChI is InChI=1S/C54H36N4/c55-53(39-25-23-37(24-26-39)36-13-3-1-4-14-36)47-31-27-38-15-7-8-18-43(38)54(47)56-35-57-49-21-11-9-20-45(49)48-33-40(29-32-50(48)57)41-28-30-46-44-19-10-12-22-51(44)58(52(46)34-41)42-16-5-2-6-17-42/h1-35,55H. The maximum atomic E-state index is 9.44. The number of hydrogen-bond donors (Lipinski definition) is 1. The normalized spacial score (nSPS) is 11.8. The maximum absolute atomic E-state index is 9.44. The number of nitrogens with zero attached hydrogens (tertiary/aromatic N) is 3. The van der Waals surface area contributed by atoms with Crippen molar-refractivity contribution >= 4 is 72.1 Å². The molecule has 58 heavy (non-hydrogen) atoms. The Hall–Kier alpha value is -7.82. The molecular formula is C54H36N4. The lowest BCUT2D eigenvalue weighted by atomic mass is 9.95. The Balaban J connectivity index is 1.02. The van der Waals surface area contributed by atoms with Gasteiger partial charge in [0.25, 0.3) is 0 Å². The lowest BCUT2D eigenvalue weighted by molar-refractivity contribution is 1.18. The van der Waals surface area contributed by atoms with E-state index in [9.17, 15) is 5.41 Å². The first-order valence-electron chi connectivity index (χ1n) is 19.6. The van der Waals surface area contributed by atoms with Gasteiger partial charge in [0, 0.05) is 43.7 Å². The van der Waals surface area contributed by atoms with E-state index in [0.29, 0.717) is 5.71 Å². The highest BCUT2D eigenvalue weighted by Gasteiger charge is 2.17. The summed E-state index contributed by atoms with van der Waals surface area (Å²) in [5.74, 6) is 0. The Labute approximate surface area is 335 Å². The summed E-state index contributed by atoms with van der Waals surface area (Å²) in [5, 5.41) is 16.3. The number of benzene rings is 9. The van der Waals surface area contributed by atoms with E-state index in [4.69, 9.17) is 4.99 Å². The first-order chi connectivity index (χ1) is 28.7. The molecule has 0 radical (unpaired) electrons. The van der Waals surface area contributed by atoms with Gasteiger partial charge in [0.05, 0.1) is 33.5 Å². The number of aromatic nitrogens is 2. The minimum Gasteiger partial charge on any atom is -0.309 e. The summed E-state index contributed by atoms with van der Waals surface area (Å²) in [5.41, 5.74) is 13.1. The van der Waals surface area contributed by atoms with Crippen LogP contribution >= 0.6 is 0 Å². The van der Waals surface area contributed by atoms with Crippen LogP contribution in [0.5, 0.6) is 0 Å². The zero-order valence-corrected chi connectivity index (χ0v) is 31.5. The van der Waals surface area contributed by atoms with Crippen molar-refractivity contribution in [2.24, 2.45) is 4.99 Å². The number of para-hydroxylation sites is 3. The van der Waals surface area contributed by atoms with Gasteiger partial charge in [0.2, 0.25) is 0 Å². The van der Waals surface area contributed by atoms with Crippen LogP contribution < -0.4 is 0 Å². The van der Waals surface area contributed by atoms with Crippen molar-refractivity contribution in [3.8, 4) is 27.9 Å². The minimum absolute atomic E-state index is 0.438. The Morgan fingerprint density at radius 1 is 0.414 bits per heavy atom. The van der Waals surface area contributed by atoms with E-state index in [1.807, 2.05) is 54.9 Å². The highest BCUT2D eigenvalue weighted by Crippen LogP contribution is 2.38. The average Bonchev–Trinajstić information content (AvgIpc) is 3.80. The molecule has 0 saturated heterocycles. The molecule has 0 fully saturated rings. The summed E-state index contributed by atoms with van der Waals surface area (Å²) < 4.78 is 4.56. The molecule has 0 saturated carbocycles. The van der Waals surface area contributed by atoms with Crippen molar-refractivity contribution < 1.29 is 0 Å². The van der Waals surface area contributed by atoms with Crippen LogP contribution in [0.25, 0.3) is 82.3 Å². The van der Waals surface area contributed by atoms with Gasteiger partial charge in [-0.15, -0.1) is 0 Å². The fraction of sp³-hybridized carbons (Fsp3) is 0. The molecule has 0 aliphatic carbocycles. The molecule has 4 heteroatoms. The van der Waals surface area contributed by atoms with Gasteiger partial charge in [-0.05, 0) is 76.2 Å². The van der Waals surface area contributed by atoms with Gasteiger partial charge in [-0.25, -0.2) is 4.99 Å². The van der Waals surface area contributed by atoms with Crippen molar-refractivity contribution in [3.63, 3.8) is 0 Å². The van der Waals surface area contributed by atoms with Gasteiger partial charge in [0.15, 0.2) is 0 Å². The van der Waals surface area contributed by atoms with Crippen LogP contribution in [0, 0.1) is 5.41 Å². The molecule has 11 rings (SSSR count). The van der Waals surface area contributed by atoms with E-state index in [2.05, 4.69) is 167 Å². The van der Waals surface area contributed by atoms with Crippen molar-refractivity contribution in [2.45, 2.75) is 0 Å². The van der Waals surface area contributed by atoms with Crippen molar-refractivity contribution in [1.82, 2.24) is 9.13 Å². The molecule has 2 heterocycles. The number of hydrogen-bond acceptors (Lipinski definition) is 2. The predicted molar refractivity (Wildman–Crippen MR) is 245 cm³/mol. The summed E-state index contributed by atoms with van der Waals surface area (Å²) >= 11 is 0. The predicted octanol–water partition coefficient (Wildman–Crippen LogP) is 14.0. The summed E-state index contributed by atoms with van der Waals surface area (Å²) in [6.45, 7) is 0. The van der Waals surface area contributed by atoms with Gasteiger partial charge >= 0.3 is 0 Å². The Morgan fingerprint density at radius 2 is 0.983 bits per heavy atom. The molecule has 11 aromatic rings. The fourth-order valence-corrected chi connectivity index (χ4v) is 8.64. The summed E-state index contributed by atoms with van der Waals surface area (Å²) in [4.78, 5) is 5.26. The van der Waals surface area contributed by atoms with E-state index >= 15 is 0 Å². The molecule has 0 aliphatic heterocycles. The number of rotatable bonds is 7. The second-order valence-corrected chi connectivity index (χ2v) is 14.8. The molecule has 4 nitrogen and oxygen atoms in total. The smallest absolute Gasteiger partial charge is 0.100 e. The molecule has 9 aromatic carbocycles. The first-order valence-corrected chi connectivity index (χ1v) is 19.6. The minimum atomic E-state index is 0.438. The molecule has 0 unspecified atom stereocenters. The third-order valence-corrected chi connectivity index (χ3v) is 11.5. The van der Waals surface area contributed by atoms with Crippen LogP contribution in [0.3, 0.4) is 0 Å². The average molecular weight is 741 g/mol. The number of nitrogens with one attached hydrogen (secondary N) is 1. The second kappa shape index (κ2) is 13.7. The van der Waals surface area contributed by atoms with Crippen molar-refractivity contribution in [1.29, 1.82) is 5.41 Å². The third kappa shape index (κ3) is 5.54. The number of aliphatic imine (C=N–C) groups is 1. The lowest BCUT2D eigenvalue weighted by Gasteiger charge is -2.12. The number of fused-ring (bicyclic) bond motifs is 7. The van der Waals surface area contributed by atoms with Crippen molar-refractivity contribution in [3.05, 3.63) is 217 Å². The quantitative estimate of drug-likeness (QED) is 0.125. The van der Waals surface area contributed by atoms with E-state index in [1.54, 1.807) is 0 Å². The molecule has 1 N–H and O–H groups in total. The molecule has 0 bridgehead atoms. The Bertz CT molecular complexity index is 3390. The summed E-state index contributed by atoms with van der Waals surface area (Å²) in [7, 11) is 0. The van der Waals surface area contributed by atoms with Gasteiger partial charge in [-0.3, -0.25) is 9.98 Å². The van der Waals surface area contributed by atoms with Gasteiger partial charge in [-0.1, -0.05) is 158 Å². The van der Waals surface area contributed by atoms with Crippen LogP contribution in [0.2, 0.25) is 0 Å². The van der Waals surface area contributed by atoms with Gasteiger partial charge in [-0.2, -0.15) is 0 Å². The van der Waals surface area contributed by atoms with Gasteiger partial charge < -0.3 is 4.57 Å². The van der Waals surface area contributed by atoms with E-state index in [1.165, 1.54) is 21.8 Å². The molecule has 2 aromatic heterocycles. The zero-order chi connectivity index (χ0) is 38.6. The topological polar surface area (TPSA) is 46.1 Å². The fourth-order valence-electron chi connectivity index (χ4n) is 8.64. The third-order valence-electron chi connectivity index (χ3n) is 11.5. The summed E-state index contributed by atoms with van der Waals surface area (Å²) in [6, 6.07) is 72.5. The SMILES string of the molecule is N=C(c1ccc(-c2ccccc2)cc1)c1ccc2ccccc2c1N=Cn1c2ccccc2c2cc(-c3ccc4c5ccccc5n(-c5ccccc5)c4c3)ccc21. The van der Waals surface area contributed by atoms with Crippen LogP contribution in [0.4, 0.5) is 5.69 Å². The van der Waals surface area contributed by atoms with Crippen molar-refractivity contribution in [2.75, 3.05) is 0 Å². The monoisotopic (exact) mass is 740 g/mol. The molecule has 0 amide bonds. The zero-order valence-electron chi connectivity index (χ0n) is 31.5. The molecule has 0 aliphatic rings. The maximum Gasteiger partial charge on any atom is 0.100 e. The second-order valence-electron chi connectivity index (χ2n) is 14.8. The van der Waals surface area contributed by atoms with Gasteiger partial charge in [0.1, 0.15) is 6.34 Å². The van der Waals surface area contributed by atoms with Crippen LogP contribution in [0.15, 0.2) is 211 Å². The Kier molecular flexibility index (Phi) is 7.93. The van der Waals surface area contributed by atoms with E-state index in [-0.39, 0.29) is 0 Å². The van der Waals surface area contributed by atoms with E-state index in [0.717, 1.165) is 77.3 Å². The Morgan fingerprint density at radius 3 is 1.78 bits per heavy atom. The van der Waals surface area contributed by atoms with E-state index < -0.39 is 0 Å². The van der Waals surface area contributed by atoms with Crippen LogP contribution in [-0.4, -0.2) is 21.2 Å². The molecule has 272 valence electrons. The highest BCUT2D eigenvalue weighted by atomic mass is 15.0. The summed E-state index contributed by atoms with van der Waals surface area (Å²) in [6.07, 6.45) is 1.94. The van der Waals surface area contributed by atoms with Crippen LogP contribution in [0.1, 0.15) is 11.1 Å². The molecular weight excluding hydrogens is 705 g/mol. The molecule has 0 atom stereocenters. The largest absolute Gasteiger partial charge is 0.309 e. The lowest BCUT2D eigenvalue weighted by Crippen LogP contribution is -2.03. The first kappa shape index (κ1) is 33.5. The molecule has 0 spiro atoms. The van der Waals surface area contributed by atoms with Crippen LogP contribution in [-0.2, 0) is 0 Å². The highest BCUT2D eigenvalue weighted by molar-refractivity contribution is 6.18.